The van der Waals surface area contributed by atoms with E-state index < -0.39 is 0 Å². The van der Waals surface area contributed by atoms with E-state index in [0.717, 1.165) is 10.4 Å². The number of rotatable bonds is 0. The molecular weight excluding hydrogens is 102 g/mol. The van der Waals surface area contributed by atoms with Gasteiger partial charge in [0.1, 0.15) is 0 Å². The van der Waals surface area contributed by atoms with E-state index in [2.05, 4.69) is 21.8 Å². The Morgan fingerprint density at radius 3 is 2.60 bits per heavy atom. The Balaban J connectivity index is 3.26. The minimum absolute atomic E-state index is 0.807. The van der Waals surface area contributed by atoms with Crippen LogP contribution in [0, 0.1) is 0 Å². The van der Waals surface area contributed by atoms with Crippen molar-refractivity contribution in [3.05, 3.63) is 0 Å². The first-order valence-electron chi connectivity index (χ1n) is 1.09. The lowest BCUT2D eigenvalue weighted by Gasteiger charge is -1.50. The molecule has 0 heterocycles. The van der Waals surface area contributed by atoms with E-state index in [1.54, 1.807) is 7.05 Å². The van der Waals surface area contributed by atoms with E-state index in [9.17, 15) is 0 Å². The molecule has 0 saturated carbocycles. The summed E-state index contributed by atoms with van der Waals surface area (Å²) in [5, 5.41) is 2.57. The van der Waals surface area contributed by atoms with E-state index >= 15 is 0 Å². The molecule has 30 valence electrons. The summed E-state index contributed by atoms with van der Waals surface area (Å²) in [7, 11) is 2.48. The SMILES string of the molecule is CN=C=[SH]S. The molecule has 0 rings (SSSR count). The Bertz CT molecular complexity index is 56.0. The molecule has 1 nitrogen and oxygen atoms in total. The molecular formula is C2H5NS2. The van der Waals surface area contributed by atoms with Gasteiger partial charge in [0.15, 0.2) is 0 Å². The van der Waals surface area contributed by atoms with Gasteiger partial charge in [-0.2, -0.15) is 0 Å². The van der Waals surface area contributed by atoms with Crippen LogP contribution >= 0.6 is 22.0 Å². The van der Waals surface area contributed by atoms with Crippen molar-refractivity contribution in [2.75, 3.05) is 7.05 Å². The maximum absolute atomic E-state index is 3.77. The van der Waals surface area contributed by atoms with Gasteiger partial charge in [0, 0.05) is 12.2 Å². The number of thiol groups is 2. The van der Waals surface area contributed by atoms with Gasteiger partial charge in [-0.25, -0.2) is 4.99 Å². The average Bonchev–Trinajstić information content (AvgIpc) is 1.41. The predicted octanol–water partition coefficient (Wildman–Crippen LogP) is 0.832. The Hall–Kier alpha value is 0.280. The second-order valence-corrected chi connectivity index (χ2v) is 1.42. The van der Waals surface area contributed by atoms with Crippen molar-refractivity contribution in [1.82, 2.24) is 0 Å². The molecule has 5 heavy (non-hydrogen) atoms. The molecule has 0 aliphatic heterocycles. The molecule has 0 aromatic carbocycles. The molecule has 0 aromatic rings. The van der Waals surface area contributed by atoms with Crippen molar-refractivity contribution in [2.45, 2.75) is 0 Å². The van der Waals surface area contributed by atoms with Crippen LogP contribution in [-0.2, 0) is 0 Å². The van der Waals surface area contributed by atoms with Gasteiger partial charge in [-0.15, -0.1) is 11.7 Å². The maximum atomic E-state index is 3.77. The van der Waals surface area contributed by atoms with Gasteiger partial charge in [-0.1, -0.05) is 10.4 Å². The lowest BCUT2D eigenvalue weighted by molar-refractivity contribution is 1.49. The van der Waals surface area contributed by atoms with Crippen LogP contribution in [0.25, 0.3) is 0 Å². The van der Waals surface area contributed by atoms with Crippen LogP contribution in [0.2, 0.25) is 0 Å². The summed E-state index contributed by atoms with van der Waals surface area (Å²) in [5.74, 6) is 0. The Morgan fingerprint density at radius 2 is 2.60 bits per heavy atom. The van der Waals surface area contributed by atoms with Crippen molar-refractivity contribution in [3.8, 4) is 0 Å². The Labute approximate surface area is 39.9 Å². The summed E-state index contributed by atoms with van der Waals surface area (Å²) in [6.07, 6.45) is 0. The number of hydrogen-bond donors (Lipinski definition) is 2. The van der Waals surface area contributed by atoms with Gasteiger partial charge >= 0.3 is 0 Å². The van der Waals surface area contributed by atoms with Crippen LogP contribution in [0.4, 0.5) is 0 Å². The Kier molecular flexibility index (Phi) is 4.52. The van der Waals surface area contributed by atoms with Crippen LogP contribution in [0.15, 0.2) is 4.99 Å². The molecule has 0 radical (unpaired) electrons. The highest BCUT2D eigenvalue weighted by Crippen LogP contribution is 1.81. The van der Waals surface area contributed by atoms with Crippen molar-refractivity contribution in [1.29, 1.82) is 0 Å². The highest BCUT2D eigenvalue weighted by Gasteiger charge is 1.34. The zero-order valence-electron chi connectivity index (χ0n) is 2.84. The molecule has 0 amide bonds. The number of isothiocyanates is 1. The Morgan fingerprint density at radius 1 is 2.00 bits per heavy atom. The normalized spacial score (nSPS) is 6.00. The molecule has 0 aliphatic rings. The molecule has 0 spiro atoms. The number of nitrogens with zero attached hydrogens (tertiary/aromatic N) is 1. The fourth-order valence-corrected chi connectivity index (χ4v) is 0.402. The smallest absolute Gasteiger partial charge is 0.0377 e. The highest BCUT2D eigenvalue weighted by molar-refractivity contribution is 8.66. The van der Waals surface area contributed by atoms with Crippen LogP contribution in [0.5, 0.6) is 0 Å². The third kappa shape index (κ3) is 4.28. The summed E-state index contributed by atoms with van der Waals surface area (Å²) < 4.78 is 0. The zero-order valence-corrected chi connectivity index (χ0v) is 4.63. The molecule has 0 aromatic heterocycles. The second kappa shape index (κ2) is 4.28. The van der Waals surface area contributed by atoms with Gasteiger partial charge in [0.2, 0.25) is 0 Å². The average molecular weight is 107 g/mol. The third-order valence-corrected chi connectivity index (χ3v) is 0.702. The quantitative estimate of drug-likeness (QED) is 0.197. The molecule has 0 aliphatic carbocycles. The lowest BCUT2D eigenvalue weighted by atomic mass is 11.4. The minimum atomic E-state index is 0.807. The summed E-state index contributed by atoms with van der Waals surface area (Å²) in [6, 6.07) is 0. The molecule has 0 unspecified atom stereocenters. The van der Waals surface area contributed by atoms with Crippen molar-refractivity contribution in [2.24, 2.45) is 4.99 Å². The van der Waals surface area contributed by atoms with Crippen molar-refractivity contribution >= 4 is 27.2 Å². The summed E-state index contributed by atoms with van der Waals surface area (Å²) in [6.45, 7) is 0. The first-order valence-corrected chi connectivity index (χ1v) is 3.14. The van der Waals surface area contributed by atoms with E-state index in [1.165, 1.54) is 0 Å². The van der Waals surface area contributed by atoms with Crippen LogP contribution < -0.4 is 0 Å². The largest absolute Gasteiger partial charge is 0.240 e. The number of hydrogen-bond acceptors (Lipinski definition) is 2. The first kappa shape index (κ1) is 5.28. The fourth-order valence-electron chi connectivity index (χ4n) is 0.0447. The van der Waals surface area contributed by atoms with E-state index in [-0.39, 0.29) is 0 Å². The summed E-state index contributed by atoms with van der Waals surface area (Å²) in [5.41, 5.74) is 0. The molecule has 0 N–H and O–H groups in total. The van der Waals surface area contributed by atoms with Crippen molar-refractivity contribution < 1.29 is 0 Å². The van der Waals surface area contributed by atoms with Gasteiger partial charge in [-0.05, 0) is 0 Å². The molecule has 0 fully saturated rings. The number of aliphatic imine (C=N–C) groups is 1. The van der Waals surface area contributed by atoms with Gasteiger partial charge in [0.25, 0.3) is 0 Å². The summed E-state index contributed by atoms with van der Waals surface area (Å²) in [4.78, 5) is 3.52. The second-order valence-electron chi connectivity index (χ2n) is 0.424. The minimum Gasteiger partial charge on any atom is -0.240 e. The lowest BCUT2D eigenvalue weighted by Crippen LogP contribution is -1.35. The van der Waals surface area contributed by atoms with Gasteiger partial charge in [0.05, 0.1) is 0 Å². The van der Waals surface area contributed by atoms with E-state index in [1.807, 2.05) is 0 Å². The van der Waals surface area contributed by atoms with Crippen LogP contribution in [0.3, 0.4) is 0 Å². The summed E-state index contributed by atoms with van der Waals surface area (Å²) >= 11 is 3.77. The predicted molar refractivity (Wildman–Crippen MR) is 31.3 cm³/mol. The highest BCUT2D eigenvalue weighted by atomic mass is 33.1. The van der Waals surface area contributed by atoms with Crippen LogP contribution in [0.1, 0.15) is 0 Å². The van der Waals surface area contributed by atoms with Gasteiger partial charge in [-0.3, -0.25) is 0 Å². The zero-order chi connectivity index (χ0) is 4.12. The first-order chi connectivity index (χ1) is 2.41. The van der Waals surface area contributed by atoms with Gasteiger partial charge < -0.3 is 0 Å². The maximum Gasteiger partial charge on any atom is 0.0377 e. The van der Waals surface area contributed by atoms with Crippen molar-refractivity contribution in [3.63, 3.8) is 0 Å². The molecule has 0 bridgehead atoms. The standard InChI is InChI=1S/C2H5NS2/c1-3-2-5-4/h4-5H,1H3. The molecule has 0 saturated heterocycles. The van der Waals surface area contributed by atoms with Crippen LogP contribution in [-0.4, -0.2) is 12.2 Å². The topological polar surface area (TPSA) is 12.4 Å². The third-order valence-electron chi connectivity index (χ3n) is 0.145. The monoisotopic (exact) mass is 107 g/mol. The van der Waals surface area contributed by atoms with E-state index in [0.29, 0.717) is 0 Å². The molecule has 3 heteroatoms. The molecule has 0 atom stereocenters. The fraction of sp³-hybridized carbons (Fsp3) is 0.500. The van der Waals surface area contributed by atoms with E-state index in [4.69, 9.17) is 0 Å².